The minimum Gasteiger partial charge on any atom is -0.850 e. The molecule has 0 aromatic heterocycles. The molecule has 0 saturated carbocycles. The fourth-order valence-electron chi connectivity index (χ4n) is 0. The number of halogens is 6. The van der Waals surface area contributed by atoms with Crippen LogP contribution in [0.3, 0.4) is 0 Å². The van der Waals surface area contributed by atoms with Crippen LogP contribution in [0, 0.1) is 0 Å². The first-order valence-electron chi connectivity index (χ1n) is 4.75. The van der Waals surface area contributed by atoms with Crippen LogP contribution in [-0.4, -0.2) is 32.8 Å². The average molecular weight is 432 g/mol. The van der Waals surface area contributed by atoms with E-state index in [9.17, 15) is 15.3 Å². The van der Waals surface area contributed by atoms with Gasteiger partial charge in [0.2, 0.25) is 0 Å². The summed E-state index contributed by atoms with van der Waals surface area (Å²) in [6.07, 6.45) is -2.60. The quantitative estimate of drug-likeness (QED) is 0.503. The Labute approximate surface area is 159 Å². The van der Waals surface area contributed by atoms with Gasteiger partial charge in [-0.05, 0) is 0 Å². The van der Waals surface area contributed by atoms with E-state index in [0.29, 0.717) is 0 Å². The number of hydrogen-bond donors (Lipinski definition) is 0. The third-order valence-electron chi connectivity index (χ3n) is 1.06. The smallest absolute Gasteiger partial charge is 0.850 e. The van der Waals surface area contributed by atoms with Gasteiger partial charge >= 0.3 is 21.7 Å². The van der Waals surface area contributed by atoms with Crippen molar-refractivity contribution in [2.75, 3.05) is 0 Å². The normalized spacial score (nSPS) is 14.7. The van der Waals surface area contributed by atoms with E-state index in [1.54, 1.807) is 0 Å². The van der Waals surface area contributed by atoms with Crippen LogP contribution in [0.2, 0.25) is 0 Å². The summed E-state index contributed by atoms with van der Waals surface area (Å²) in [5.74, 6) is 0. The molecule has 0 N–H and O–H groups in total. The Balaban J connectivity index is -0.0000000865. The van der Waals surface area contributed by atoms with E-state index >= 15 is 0 Å². The summed E-state index contributed by atoms with van der Waals surface area (Å²) < 4.78 is 0. The van der Waals surface area contributed by atoms with E-state index in [0.717, 1.165) is 0 Å². The van der Waals surface area contributed by atoms with Crippen molar-refractivity contribution in [2.45, 2.75) is 53.6 Å². The molecule has 1 radical (unpaired) electrons. The molecule has 0 bridgehead atoms. The molecule has 3 atom stereocenters. The van der Waals surface area contributed by atoms with Crippen molar-refractivity contribution in [2.24, 2.45) is 0 Å². The Bertz CT molecular complexity index is 124. The van der Waals surface area contributed by atoms with Gasteiger partial charge in [-0.15, -0.1) is 69.6 Å². The monoisotopic (exact) mass is 429 g/mol. The standard InChI is InChI=1S/3C3H5Cl2O.Ti/c3*1-2(6)3(4)5;/h3*2-3H,1H3;/q3*-1;+3. The summed E-state index contributed by atoms with van der Waals surface area (Å²) in [5.41, 5.74) is 0. The van der Waals surface area contributed by atoms with Crippen LogP contribution in [0.1, 0.15) is 20.8 Å². The topological polar surface area (TPSA) is 69.2 Å². The van der Waals surface area contributed by atoms with Gasteiger partial charge in [0.1, 0.15) is 0 Å². The maximum Gasteiger partial charge on any atom is 3.00 e. The van der Waals surface area contributed by atoms with Crippen LogP contribution in [0.15, 0.2) is 0 Å². The summed E-state index contributed by atoms with van der Waals surface area (Å²) in [4.78, 5) is -2.28. The molecule has 3 nitrogen and oxygen atoms in total. The second-order valence-corrected chi connectivity index (χ2v) is 6.61. The Morgan fingerprint density at radius 3 is 0.579 bits per heavy atom. The zero-order chi connectivity index (χ0) is 15.5. The number of alkyl halides is 6. The van der Waals surface area contributed by atoms with Crippen molar-refractivity contribution < 1.29 is 37.0 Å². The van der Waals surface area contributed by atoms with Gasteiger partial charge in [-0.25, -0.2) is 0 Å². The third kappa shape index (κ3) is 33.3. The molecule has 0 aliphatic rings. The second-order valence-electron chi connectivity index (χ2n) is 3.12. The molecule has 0 spiro atoms. The van der Waals surface area contributed by atoms with Crippen molar-refractivity contribution in [1.82, 2.24) is 0 Å². The first kappa shape index (κ1) is 29.4. The average Bonchev–Trinajstić information content (AvgIpc) is 2.18. The number of hydrogen-bond acceptors (Lipinski definition) is 3. The second kappa shape index (κ2) is 18.4. The maximum absolute atomic E-state index is 9.96. The van der Waals surface area contributed by atoms with E-state index < -0.39 is 32.8 Å². The number of rotatable bonds is 3. The van der Waals surface area contributed by atoms with Crippen molar-refractivity contribution in [1.29, 1.82) is 0 Å². The third-order valence-corrected chi connectivity index (χ3v) is 3.19. The maximum atomic E-state index is 9.96. The van der Waals surface area contributed by atoms with E-state index in [-0.39, 0.29) is 21.7 Å². The molecule has 115 valence electrons. The molecule has 0 aliphatic heterocycles. The van der Waals surface area contributed by atoms with Crippen LogP contribution >= 0.6 is 69.6 Å². The van der Waals surface area contributed by atoms with Gasteiger partial charge in [0.15, 0.2) is 0 Å². The summed E-state index contributed by atoms with van der Waals surface area (Å²) in [6.45, 7) is 4.26. The molecule has 0 amide bonds. The van der Waals surface area contributed by atoms with Gasteiger partial charge < -0.3 is 15.3 Å². The Morgan fingerprint density at radius 1 is 0.526 bits per heavy atom. The van der Waals surface area contributed by atoms with Crippen LogP contribution in [0.4, 0.5) is 0 Å². The predicted molar refractivity (Wildman–Crippen MR) is 74.9 cm³/mol. The molecule has 0 aliphatic carbocycles. The predicted octanol–water partition coefficient (Wildman–Crippen LogP) is 1.61. The van der Waals surface area contributed by atoms with Crippen molar-refractivity contribution in [3.8, 4) is 0 Å². The van der Waals surface area contributed by atoms with Crippen LogP contribution < -0.4 is 15.3 Å². The van der Waals surface area contributed by atoms with Gasteiger partial charge in [-0.1, -0.05) is 39.1 Å². The van der Waals surface area contributed by atoms with E-state index in [1.165, 1.54) is 20.8 Å². The molecule has 0 aromatic rings. The minimum absolute atomic E-state index is 0. The van der Waals surface area contributed by atoms with Gasteiger partial charge in [0, 0.05) is 0 Å². The Morgan fingerprint density at radius 2 is 0.579 bits per heavy atom. The zero-order valence-electron chi connectivity index (χ0n) is 10.5. The SMILES string of the molecule is CC([O-])C(Cl)Cl.CC([O-])C(Cl)Cl.CC([O-])C(Cl)Cl.[Ti+3]. The molecule has 19 heavy (non-hydrogen) atoms. The van der Waals surface area contributed by atoms with E-state index in [1.807, 2.05) is 0 Å². The fourth-order valence-corrected chi connectivity index (χ4v) is 0. The molecule has 3 unspecified atom stereocenters. The Hall–Kier alpha value is 2.33. The first-order valence-corrected chi connectivity index (χ1v) is 7.37. The molecule has 0 rings (SSSR count). The summed E-state index contributed by atoms with van der Waals surface area (Å²) in [6, 6.07) is 0. The summed E-state index contributed by atoms with van der Waals surface area (Å²) >= 11 is 30.4. The van der Waals surface area contributed by atoms with Gasteiger partial charge in [0.05, 0.1) is 14.5 Å². The van der Waals surface area contributed by atoms with Crippen LogP contribution in [-0.2, 0) is 21.7 Å². The molecule has 0 fully saturated rings. The summed E-state index contributed by atoms with van der Waals surface area (Å²) in [7, 11) is 0. The van der Waals surface area contributed by atoms with Gasteiger partial charge in [0.25, 0.3) is 0 Å². The van der Waals surface area contributed by atoms with Crippen LogP contribution in [0.5, 0.6) is 0 Å². The van der Waals surface area contributed by atoms with Crippen LogP contribution in [0.25, 0.3) is 0 Å². The van der Waals surface area contributed by atoms with Crippen molar-refractivity contribution in [3.63, 3.8) is 0 Å². The van der Waals surface area contributed by atoms with Gasteiger partial charge in [-0.3, -0.25) is 0 Å². The molecule has 0 aromatic carbocycles. The molecular formula is C9H15Cl6O3Ti. The molecule has 10 heteroatoms. The van der Waals surface area contributed by atoms with Gasteiger partial charge in [-0.2, -0.15) is 0 Å². The molecular weight excluding hydrogens is 417 g/mol. The largest absolute Gasteiger partial charge is 3.00 e. The zero-order valence-corrected chi connectivity index (χ0v) is 16.6. The molecule has 0 saturated heterocycles. The Kier molecular flexibility index (Phi) is 28.4. The molecule has 0 heterocycles. The van der Waals surface area contributed by atoms with E-state index in [4.69, 9.17) is 69.6 Å². The first-order chi connectivity index (χ1) is 7.93. The van der Waals surface area contributed by atoms with E-state index in [2.05, 4.69) is 0 Å². The minimum atomic E-state index is -0.867. The van der Waals surface area contributed by atoms with Crippen molar-refractivity contribution in [3.05, 3.63) is 0 Å². The summed E-state index contributed by atoms with van der Waals surface area (Å²) in [5, 5.41) is 29.9. The fraction of sp³-hybridized carbons (Fsp3) is 1.00. The van der Waals surface area contributed by atoms with Crippen molar-refractivity contribution >= 4 is 69.6 Å².